The van der Waals surface area contributed by atoms with Gasteiger partial charge in [-0.15, -0.1) is 23.5 Å². The van der Waals surface area contributed by atoms with Gasteiger partial charge in [-0.1, -0.05) is 46.9 Å². The lowest BCUT2D eigenvalue weighted by Crippen LogP contribution is -2.70. The number of phenolic OH excluding ortho intramolecular Hbond substituents is 1. The molecule has 3 N–H and O–H groups in total. The molecule has 0 aromatic heterocycles. The summed E-state index contributed by atoms with van der Waals surface area (Å²) in [6.45, 7) is 0.766. The number of phenols is 1. The topological polar surface area (TPSA) is 127 Å². The second kappa shape index (κ2) is 12.2. The highest BCUT2D eigenvalue weighted by Gasteiger charge is 2.54. The lowest BCUT2D eigenvalue weighted by molar-refractivity contribution is -0.150. The number of rotatable bonds is 8. The molecule has 41 heavy (non-hydrogen) atoms. The molecule has 2 fully saturated rings. The number of thioether (sulfide) groups is 2. The molecule has 0 saturated carbocycles. The van der Waals surface area contributed by atoms with E-state index in [1.54, 1.807) is 35.2 Å². The van der Waals surface area contributed by atoms with E-state index in [9.17, 15) is 29.4 Å². The molecule has 3 aliphatic rings. The summed E-state index contributed by atoms with van der Waals surface area (Å²) in [5.74, 6) is -2.15. The van der Waals surface area contributed by atoms with Crippen LogP contribution in [0.15, 0.2) is 64.2 Å². The Kier molecular flexibility index (Phi) is 8.81. The molecule has 2 aromatic rings. The molecule has 214 valence electrons. The first-order valence-electron chi connectivity index (χ1n) is 12.3. The first kappa shape index (κ1) is 29.7. The number of amides is 3. The molecule has 0 bridgehead atoms. The van der Waals surface area contributed by atoms with Gasteiger partial charge in [-0.25, -0.2) is 4.79 Å². The Bertz CT molecular complexity index is 1530. The smallest absolute Gasteiger partial charge is 0.352 e. The number of benzene rings is 2. The maximum atomic E-state index is 13.0. The number of halogens is 3. The van der Waals surface area contributed by atoms with E-state index in [-0.39, 0.29) is 28.9 Å². The molecule has 14 heteroatoms. The molecular weight excluding hydrogens is 633 g/mol. The summed E-state index contributed by atoms with van der Waals surface area (Å²) >= 11 is 20.6. The zero-order valence-electron chi connectivity index (χ0n) is 21.1. The summed E-state index contributed by atoms with van der Waals surface area (Å²) in [5, 5.41) is 22.7. The van der Waals surface area contributed by atoms with Crippen LogP contribution in [-0.2, 0) is 25.7 Å². The van der Waals surface area contributed by atoms with Crippen LogP contribution < -0.4 is 5.32 Å². The largest absolute Gasteiger partial charge is 0.508 e. The highest BCUT2D eigenvalue weighted by molar-refractivity contribution is 8.00. The highest BCUT2D eigenvalue weighted by Crippen LogP contribution is 2.41. The van der Waals surface area contributed by atoms with Crippen molar-refractivity contribution in [1.29, 1.82) is 0 Å². The number of hydrogen-bond donors (Lipinski definition) is 3. The van der Waals surface area contributed by atoms with Gasteiger partial charge >= 0.3 is 5.97 Å². The van der Waals surface area contributed by atoms with Crippen molar-refractivity contribution in [2.75, 3.05) is 18.1 Å². The molecular formula is C27H22Cl3N3O6S2. The Morgan fingerprint density at radius 3 is 2.61 bits per heavy atom. The van der Waals surface area contributed by atoms with Crippen molar-refractivity contribution in [2.45, 2.75) is 29.3 Å². The summed E-state index contributed by atoms with van der Waals surface area (Å²) in [6, 6.07) is 8.80. The van der Waals surface area contributed by atoms with Crippen LogP contribution in [0.2, 0.25) is 15.1 Å². The van der Waals surface area contributed by atoms with Gasteiger partial charge in [0.15, 0.2) is 0 Å². The SMILES string of the molecule is O=C(CSc1cc(Cl)c(Cl)cc1Cl)N[C@@H]1C(=O)N2C(C(=O)O)=C(C=C3CCN(Cc4cccc(O)c4)C3=O)CS[C@H]12. The minimum absolute atomic E-state index is 0.0426. The number of nitrogens with one attached hydrogen (secondary N) is 1. The average molecular weight is 655 g/mol. The van der Waals surface area contributed by atoms with Gasteiger partial charge in [-0.2, -0.15) is 0 Å². The van der Waals surface area contributed by atoms with Gasteiger partial charge in [0.05, 0.1) is 20.8 Å². The van der Waals surface area contributed by atoms with Crippen molar-refractivity contribution in [3.8, 4) is 5.75 Å². The average Bonchev–Trinajstić information content (AvgIpc) is 3.26. The maximum Gasteiger partial charge on any atom is 0.352 e. The number of carbonyl (C=O) groups excluding carboxylic acids is 3. The number of nitrogens with zero attached hydrogens (tertiary/aromatic N) is 2. The second-order valence-electron chi connectivity index (χ2n) is 9.44. The minimum atomic E-state index is -1.29. The van der Waals surface area contributed by atoms with Crippen molar-refractivity contribution in [3.63, 3.8) is 0 Å². The molecule has 0 aliphatic carbocycles. The number of likely N-dealkylation sites (tertiary alicyclic amines) is 1. The quantitative estimate of drug-likeness (QED) is 0.164. The fourth-order valence-corrected chi connectivity index (χ4v) is 7.61. The number of hydrogen-bond acceptors (Lipinski definition) is 7. The summed E-state index contributed by atoms with van der Waals surface area (Å²) in [6.07, 6.45) is 1.99. The first-order valence-corrected chi connectivity index (χ1v) is 15.5. The fourth-order valence-electron chi connectivity index (χ4n) is 4.76. The normalized spacial score (nSPS) is 21.3. The molecule has 2 aromatic carbocycles. The van der Waals surface area contributed by atoms with E-state index >= 15 is 0 Å². The Morgan fingerprint density at radius 2 is 1.88 bits per heavy atom. The van der Waals surface area contributed by atoms with Crippen LogP contribution >= 0.6 is 58.3 Å². The van der Waals surface area contributed by atoms with Crippen LogP contribution in [0.25, 0.3) is 0 Å². The van der Waals surface area contributed by atoms with Gasteiger partial charge in [0.2, 0.25) is 11.8 Å². The third kappa shape index (κ3) is 6.19. The van der Waals surface area contributed by atoms with Crippen molar-refractivity contribution in [1.82, 2.24) is 15.1 Å². The van der Waals surface area contributed by atoms with Crippen molar-refractivity contribution < 1.29 is 29.4 Å². The molecule has 0 radical (unpaired) electrons. The second-order valence-corrected chi connectivity index (χ2v) is 12.8. The highest BCUT2D eigenvalue weighted by atomic mass is 35.5. The van der Waals surface area contributed by atoms with Gasteiger partial charge in [-0.05, 0) is 47.9 Å². The van der Waals surface area contributed by atoms with Crippen LogP contribution in [0, 0.1) is 0 Å². The van der Waals surface area contributed by atoms with Crippen LogP contribution in [0.5, 0.6) is 5.75 Å². The lowest BCUT2D eigenvalue weighted by atomic mass is 10.0. The van der Waals surface area contributed by atoms with E-state index < -0.39 is 29.2 Å². The van der Waals surface area contributed by atoms with Crippen molar-refractivity contribution >= 4 is 82.0 Å². The molecule has 0 unspecified atom stereocenters. The third-order valence-corrected chi connectivity index (χ3v) is 10.2. The van der Waals surface area contributed by atoms with E-state index in [0.717, 1.165) is 17.3 Å². The number of allylic oxidation sites excluding steroid dienone is 1. The lowest BCUT2D eigenvalue weighted by Gasteiger charge is -2.49. The number of aromatic hydroxyl groups is 1. The molecule has 0 spiro atoms. The first-order chi connectivity index (χ1) is 19.5. The molecule has 3 heterocycles. The van der Waals surface area contributed by atoms with Crippen LogP contribution in [-0.4, -0.2) is 73.2 Å². The Balaban J connectivity index is 1.25. The summed E-state index contributed by atoms with van der Waals surface area (Å²) in [4.78, 5) is 54.2. The number of carboxylic acids is 1. The fraction of sp³-hybridized carbons (Fsp3) is 0.259. The molecule has 3 amide bonds. The van der Waals surface area contributed by atoms with Crippen LogP contribution in [0.4, 0.5) is 0 Å². The predicted octanol–water partition coefficient (Wildman–Crippen LogP) is 4.54. The summed E-state index contributed by atoms with van der Waals surface area (Å²) in [5.41, 5.74) is 1.41. The Morgan fingerprint density at radius 1 is 1.12 bits per heavy atom. The number of β-lactam (4-membered cyclic amide) rings is 1. The zero-order chi connectivity index (χ0) is 29.4. The number of aliphatic carboxylic acids is 1. The molecule has 2 saturated heterocycles. The third-order valence-electron chi connectivity index (χ3n) is 6.70. The number of carbonyl (C=O) groups is 4. The van der Waals surface area contributed by atoms with E-state index in [1.165, 1.54) is 22.7 Å². The maximum absolute atomic E-state index is 13.0. The summed E-state index contributed by atoms with van der Waals surface area (Å²) in [7, 11) is 0. The number of fused-ring (bicyclic) bond motifs is 1. The van der Waals surface area contributed by atoms with Crippen molar-refractivity contribution in [3.05, 3.63) is 79.9 Å². The molecule has 2 atom stereocenters. The standard InChI is InChI=1S/C27H22Cl3N3O6S2/c28-17-8-19(30)20(9-18(17)29)40-12-21(35)31-22-25(37)33-23(27(38)39)15(11-41-26(22)33)7-14-4-5-32(24(14)36)10-13-2-1-3-16(34)6-13/h1-3,6-9,22,26,34H,4-5,10-12H2,(H,31,35)(H,38,39)/t22-,26-/m1/s1. The predicted molar refractivity (Wildman–Crippen MR) is 158 cm³/mol. The van der Waals surface area contributed by atoms with E-state index in [4.69, 9.17) is 34.8 Å². The zero-order valence-corrected chi connectivity index (χ0v) is 25.0. The van der Waals surface area contributed by atoms with Gasteiger partial charge in [0.25, 0.3) is 5.91 Å². The monoisotopic (exact) mass is 653 g/mol. The van der Waals surface area contributed by atoms with Crippen molar-refractivity contribution in [2.24, 2.45) is 0 Å². The van der Waals surface area contributed by atoms with E-state index in [2.05, 4.69) is 5.32 Å². The Labute approximate surface area is 258 Å². The van der Waals surface area contributed by atoms with E-state index in [0.29, 0.717) is 50.6 Å². The number of carboxylic acid groups (broad SMARTS) is 1. The molecule has 3 aliphatic heterocycles. The minimum Gasteiger partial charge on any atom is -0.508 e. The van der Waals surface area contributed by atoms with Gasteiger partial charge in [0.1, 0.15) is 22.9 Å². The van der Waals surface area contributed by atoms with Gasteiger partial charge in [-0.3, -0.25) is 19.3 Å². The molecule has 9 nitrogen and oxygen atoms in total. The van der Waals surface area contributed by atoms with E-state index in [1.807, 2.05) is 6.07 Å². The Hall–Kier alpha value is -2.83. The van der Waals surface area contributed by atoms with Crippen LogP contribution in [0.3, 0.4) is 0 Å². The van der Waals surface area contributed by atoms with Gasteiger partial charge in [0, 0.05) is 29.3 Å². The van der Waals surface area contributed by atoms with Crippen LogP contribution in [0.1, 0.15) is 12.0 Å². The van der Waals surface area contributed by atoms with Gasteiger partial charge < -0.3 is 20.4 Å². The molecule has 5 rings (SSSR count). The summed E-state index contributed by atoms with van der Waals surface area (Å²) < 4.78 is 0.